The minimum absolute atomic E-state index is 0.0214. The highest BCUT2D eigenvalue weighted by Crippen LogP contribution is 2.20. The molecule has 0 heterocycles. The average molecular weight is 228 g/mol. The van der Waals surface area contributed by atoms with Crippen LogP contribution < -0.4 is 4.74 Å². The molecule has 0 saturated heterocycles. The molecule has 0 atom stereocenters. The highest BCUT2D eigenvalue weighted by Gasteiger charge is 2.20. The van der Waals surface area contributed by atoms with Gasteiger partial charge in [0.2, 0.25) is 5.78 Å². The number of alkyl halides is 2. The molecule has 4 heteroatoms. The van der Waals surface area contributed by atoms with E-state index in [4.69, 9.17) is 4.74 Å². The Morgan fingerprint density at radius 3 is 2.44 bits per heavy atom. The van der Waals surface area contributed by atoms with E-state index in [-0.39, 0.29) is 11.7 Å². The van der Waals surface area contributed by atoms with Crippen LogP contribution in [0.5, 0.6) is 5.75 Å². The molecule has 0 aliphatic heterocycles. The Bertz CT molecular complexity index is 387. The molecule has 0 fully saturated rings. The van der Waals surface area contributed by atoms with Crippen LogP contribution in [0.3, 0.4) is 0 Å². The van der Waals surface area contributed by atoms with Crippen molar-refractivity contribution in [3.8, 4) is 5.75 Å². The van der Waals surface area contributed by atoms with Gasteiger partial charge in [-0.05, 0) is 38.5 Å². The summed E-state index contributed by atoms with van der Waals surface area (Å²) in [6.45, 7) is 5.28. The van der Waals surface area contributed by atoms with Crippen LogP contribution in [0.25, 0.3) is 0 Å². The third-order valence-corrected chi connectivity index (χ3v) is 2.04. The number of hydrogen-bond acceptors (Lipinski definition) is 2. The molecule has 0 unspecified atom stereocenters. The predicted molar refractivity (Wildman–Crippen MR) is 57.3 cm³/mol. The van der Waals surface area contributed by atoms with Crippen LogP contribution in [-0.2, 0) is 0 Å². The number of benzene rings is 1. The molecule has 0 aliphatic rings. The van der Waals surface area contributed by atoms with Gasteiger partial charge in [0, 0.05) is 5.56 Å². The SMILES string of the molecule is Cc1ccc(OC(C)C)cc1C(=O)C(F)F. The number of carbonyl (C=O) groups excluding carboxylic acids is 1. The summed E-state index contributed by atoms with van der Waals surface area (Å²) in [5.41, 5.74) is 0.551. The Morgan fingerprint density at radius 2 is 1.94 bits per heavy atom. The Balaban J connectivity index is 3.04. The molecular weight excluding hydrogens is 214 g/mol. The van der Waals surface area contributed by atoms with Crippen molar-refractivity contribution in [1.29, 1.82) is 0 Å². The second-order valence-electron chi connectivity index (χ2n) is 3.81. The maximum Gasteiger partial charge on any atom is 0.300 e. The molecule has 0 amide bonds. The Hall–Kier alpha value is -1.45. The highest BCUT2D eigenvalue weighted by molar-refractivity contribution is 6.00. The third-order valence-electron chi connectivity index (χ3n) is 2.04. The number of carbonyl (C=O) groups is 1. The van der Waals surface area contributed by atoms with Gasteiger partial charge in [-0.3, -0.25) is 4.79 Å². The fourth-order valence-electron chi connectivity index (χ4n) is 1.33. The van der Waals surface area contributed by atoms with Crippen LogP contribution in [0.15, 0.2) is 18.2 Å². The van der Waals surface area contributed by atoms with E-state index in [1.807, 2.05) is 13.8 Å². The topological polar surface area (TPSA) is 26.3 Å². The lowest BCUT2D eigenvalue weighted by Crippen LogP contribution is -2.13. The van der Waals surface area contributed by atoms with Gasteiger partial charge in [0.15, 0.2) is 0 Å². The maximum atomic E-state index is 12.3. The first-order chi connectivity index (χ1) is 7.41. The maximum absolute atomic E-state index is 12.3. The van der Waals surface area contributed by atoms with Crippen molar-refractivity contribution < 1.29 is 18.3 Å². The summed E-state index contributed by atoms with van der Waals surface area (Å²) in [7, 11) is 0. The third kappa shape index (κ3) is 3.02. The molecule has 0 aliphatic carbocycles. The molecule has 0 N–H and O–H groups in total. The Morgan fingerprint density at radius 1 is 1.31 bits per heavy atom. The zero-order valence-corrected chi connectivity index (χ0v) is 9.46. The molecule has 0 radical (unpaired) electrons. The molecule has 2 nitrogen and oxygen atoms in total. The molecule has 1 rings (SSSR count). The van der Waals surface area contributed by atoms with Gasteiger partial charge in [0.1, 0.15) is 5.75 Å². The number of Topliss-reactive ketones (excluding diaryl/α,β-unsaturated/α-hetero) is 1. The smallest absolute Gasteiger partial charge is 0.300 e. The first-order valence-corrected chi connectivity index (χ1v) is 5.01. The van der Waals surface area contributed by atoms with E-state index in [1.54, 1.807) is 19.1 Å². The lowest BCUT2D eigenvalue weighted by Gasteiger charge is -2.12. The molecule has 88 valence electrons. The van der Waals surface area contributed by atoms with Crippen LogP contribution in [0, 0.1) is 6.92 Å². The van der Waals surface area contributed by atoms with Crippen molar-refractivity contribution in [1.82, 2.24) is 0 Å². The Kier molecular flexibility index (Phi) is 3.99. The molecule has 0 saturated carbocycles. The summed E-state index contributed by atoms with van der Waals surface area (Å²) in [6, 6.07) is 4.63. The van der Waals surface area contributed by atoms with Crippen molar-refractivity contribution in [2.24, 2.45) is 0 Å². The summed E-state index contributed by atoms with van der Waals surface area (Å²) in [5, 5.41) is 0. The summed E-state index contributed by atoms with van der Waals surface area (Å²) in [5.74, 6) is -0.726. The van der Waals surface area contributed by atoms with Gasteiger partial charge < -0.3 is 4.74 Å². The Labute approximate surface area is 93.2 Å². The van der Waals surface area contributed by atoms with Gasteiger partial charge in [-0.25, -0.2) is 8.78 Å². The van der Waals surface area contributed by atoms with Gasteiger partial charge >= 0.3 is 6.43 Å². The fourth-order valence-corrected chi connectivity index (χ4v) is 1.33. The van der Waals surface area contributed by atoms with Crippen LogP contribution in [-0.4, -0.2) is 18.3 Å². The van der Waals surface area contributed by atoms with Crippen molar-refractivity contribution >= 4 is 5.78 Å². The first kappa shape index (κ1) is 12.6. The highest BCUT2D eigenvalue weighted by atomic mass is 19.3. The standard InChI is InChI=1S/C12H14F2O2/c1-7(2)16-9-5-4-8(3)10(6-9)11(15)12(13)14/h4-7,12H,1-3H3. The molecular formula is C12H14F2O2. The van der Waals surface area contributed by atoms with E-state index in [1.165, 1.54) is 6.07 Å². The quantitative estimate of drug-likeness (QED) is 0.739. The largest absolute Gasteiger partial charge is 0.491 e. The summed E-state index contributed by atoms with van der Waals surface area (Å²) in [4.78, 5) is 11.2. The molecule has 0 aromatic heterocycles. The van der Waals surface area contributed by atoms with E-state index in [0.29, 0.717) is 11.3 Å². The van der Waals surface area contributed by atoms with Gasteiger partial charge in [-0.2, -0.15) is 0 Å². The van der Waals surface area contributed by atoms with E-state index in [0.717, 1.165) is 0 Å². The second-order valence-corrected chi connectivity index (χ2v) is 3.81. The molecule has 0 bridgehead atoms. The van der Waals surface area contributed by atoms with E-state index in [2.05, 4.69) is 0 Å². The van der Waals surface area contributed by atoms with Crippen LogP contribution in [0.1, 0.15) is 29.8 Å². The number of ketones is 1. The lowest BCUT2D eigenvalue weighted by atomic mass is 10.0. The number of ether oxygens (including phenoxy) is 1. The normalized spacial score (nSPS) is 10.9. The van der Waals surface area contributed by atoms with E-state index in [9.17, 15) is 13.6 Å². The number of hydrogen-bond donors (Lipinski definition) is 0. The number of rotatable bonds is 4. The molecule has 0 spiro atoms. The average Bonchev–Trinajstić information content (AvgIpc) is 2.19. The van der Waals surface area contributed by atoms with Crippen LogP contribution >= 0.6 is 0 Å². The minimum Gasteiger partial charge on any atom is -0.491 e. The van der Waals surface area contributed by atoms with Gasteiger partial charge in [-0.1, -0.05) is 6.07 Å². The van der Waals surface area contributed by atoms with Crippen molar-refractivity contribution in [3.05, 3.63) is 29.3 Å². The fraction of sp³-hybridized carbons (Fsp3) is 0.417. The van der Waals surface area contributed by atoms with Gasteiger partial charge in [0.25, 0.3) is 0 Å². The minimum atomic E-state index is -2.98. The van der Waals surface area contributed by atoms with Crippen molar-refractivity contribution in [3.63, 3.8) is 0 Å². The van der Waals surface area contributed by atoms with Crippen LogP contribution in [0.2, 0.25) is 0 Å². The monoisotopic (exact) mass is 228 g/mol. The molecule has 16 heavy (non-hydrogen) atoms. The zero-order chi connectivity index (χ0) is 12.3. The lowest BCUT2D eigenvalue weighted by molar-refractivity contribution is 0.0677. The zero-order valence-electron chi connectivity index (χ0n) is 9.46. The van der Waals surface area contributed by atoms with Gasteiger partial charge in [0.05, 0.1) is 6.10 Å². The second kappa shape index (κ2) is 5.05. The summed E-state index contributed by atoms with van der Waals surface area (Å²) < 4.78 is 29.9. The van der Waals surface area contributed by atoms with Crippen LogP contribution in [0.4, 0.5) is 8.78 Å². The summed E-state index contributed by atoms with van der Waals surface area (Å²) in [6.07, 6.45) is -3.04. The van der Waals surface area contributed by atoms with E-state index >= 15 is 0 Å². The van der Waals surface area contributed by atoms with Crippen molar-refractivity contribution in [2.75, 3.05) is 0 Å². The number of halogens is 2. The predicted octanol–water partition coefficient (Wildman–Crippen LogP) is 3.23. The first-order valence-electron chi connectivity index (χ1n) is 5.01. The molecule has 1 aromatic carbocycles. The van der Waals surface area contributed by atoms with E-state index < -0.39 is 12.2 Å². The summed E-state index contributed by atoms with van der Waals surface area (Å²) >= 11 is 0. The molecule has 1 aromatic rings. The van der Waals surface area contributed by atoms with Crippen molar-refractivity contribution in [2.45, 2.75) is 33.3 Å². The van der Waals surface area contributed by atoms with Gasteiger partial charge in [-0.15, -0.1) is 0 Å². The number of aryl methyl sites for hydroxylation is 1.